The van der Waals surface area contributed by atoms with Crippen LogP contribution < -0.4 is 16.0 Å². The zero-order valence-corrected chi connectivity index (χ0v) is 13.5. The summed E-state index contributed by atoms with van der Waals surface area (Å²) in [7, 11) is 0. The van der Waals surface area contributed by atoms with Crippen molar-refractivity contribution in [3.63, 3.8) is 0 Å². The molecular formula is C17H25N3O2. The minimum atomic E-state index is -0.223. The lowest BCUT2D eigenvalue weighted by Gasteiger charge is -2.24. The summed E-state index contributed by atoms with van der Waals surface area (Å²) >= 11 is 0. The Hall–Kier alpha value is -1.88. The van der Waals surface area contributed by atoms with Gasteiger partial charge in [0.15, 0.2) is 0 Å². The van der Waals surface area contributed by atoms with Gasteiger partial charge in [-0.3, -0.25) is 9.59 Å². The van der Waals surface area contributed by atoms with E-state index in [0.29, 0.717) is 5.56 Å². The van der Waals surface area contributed by atoms with Crippen molar-refractivity contribution in [1.29, 1.82) is 0 Å². The molecule has 1 aromatic carbocycles. The molecule has 5 nitrogen and oxygen atoms in total. The molecule has 0 bridgehead atoms. The highest BCUT2D eigenvalue weighted by atomic mass is 16.2. The number of hydrogen-bond acceptors (Lipinski definition) is 3. The highest BCUT2D eigenvalue weighted by Crippen LogP contribution is 2.15. The van der Waals surface area contributed by atoms with E-state index in [1.54, 1.807) is 24.3 Å². The Balaban J connectivity index is 1.95. The molecule has 5 heteroatoms. The minimum Gasteiger partial charge on any atom is -0.347 e. The number of benzene rings is 1. The fourth-order valence-electron chi connectivity index (χ4n) is 2.30. The maximum Gasteiger partial charge on any atom is 0.251 e. The number of hydrogen-bond donors (Lipinski definition) is 3. The number of anilines is 1. The van der Waals surface area contributed by atoms with Crippen LogP contribution in [0.1, 0.15) is 44.0 Å². The monoisotopic (exact) mass is 303 g/mol. The average Bonchev–Trinajstić information content (AvgIpc) is 3.02. The summed E-state index contributed by atoms with van der Waals surface area (Å²) in [4.78, 5) is 24.2. The van der Waals surface area contributed by atoms with E-state index in [-0.39, 0.29) is 23.3 Å². The third-order valence-corrected chi connectivity index (χ3v) is 4.18. The third-order valence-electron chi connectivity index (χ3n) is 4.18. The van der Waals surface area contributed by atoms with Gasteiger partial charge in [-0.1, -0.05) is 6.92 Å². The maximum atomic E-state index is 12.2. The zero-order chi connectivity index (χ0) is 16.2. The fourth-order valence-corrected chi connectivity index (χ4v) is 2.30. The van der Waals surface area contributed by atoms with Crippen molar-refractivity contribution in [3.05, 3.63) is 29.8 Å². The topological polar surface area (TPSA) is 70.2 Å². The Bertz CT molecular complexity index is 531. The van der Waals surface area contributed by atoms with E-state index in [1.165, 1.54) is 0 Å². The molecule has 0 aromatic heterocycles. The lowest BCUT2D eigenvalue weighted by Crippen LogP contribution is -2.42. The van der Waals surface area contributed by atoms with Crippen LogP contribution in [-0.2, 0) is 4.79 Å². The Morgan fingerprint density at radius 1 is 1.27 bits per heavy atom. The van der Waals surface area contributed by atoms with Crippen LogP contribution in [0.5, 0.6) is 0 Å². The van der Waals surface area contributed by atoms with E-state index in [2.05, 4.69) is 16.0 Å². The normalized spacial score (nSPS) is 18.0. The lowest BCUT2D eigenvalue weighted by molar-refractivity contribution is -0.119. The second-order valence-electron chi connectivity index (χ2n) is 6.45. The molecule has 1 aliphatic rings. The van der Waals surface area contributed by atoms with Crippen LogP contribution in [0.3, 0.4) is 0 Å². The van der Waals surface area contributed by atoms with Gasteiger partial charge in [-0.2, -0.15) is 0 Å². The Labute approximate surface area is 131 Å². The molecule has 0 aliphatic carbocycles. The molecule has 0 radical (unpaired) electrons. The number of amides is 2. The van der Waals surface area contributed by atoms with Crippen LogP contribution >= 0.6 is 0 Å². The van der Waals surface area contributed by atoms with Gasteiger partial charge in [0.1, 0.15) is 0 Å². The lowest BCUT2D eigenvalue weighted by atomic mass is 10.0. The summed E-state index contributed by atoms with van der Waals surface area (Å²) < 4.78 is 0. The summed E-state index contributed by atoms with van der Waals surface area (Å²) in [5.41, 5.74) is 1.10. The van der Waals surface area contributed by atoms with Gasteiger partial charge in [-0.05, 0) is 57.5 Å². The van der Waals surface area contributed by atoms with Gasteiger partial charge in [0.25, 0.3) is 5.91 Å². The molecule has 1 aliphatic heterocycles. The Kier molecular flexibility index (Phi) is 5.19. The molecule has 2 amide bonds. The first-order chi connectivity index (χ1) is 10.4. The molecule has 1 saturated heterocycles. The first kappa shape index (κ1) is 16.5. The molecule has 0 spiro atoms. The van der Waals surface area contributed by atoms with Crippen LogP contribution in [0.4, 0.5) is 5.69 Å². The molecule has 120 valence electrons. The van der Waals surface area contributed by atoms with Gasteiger partial charge in [-0.25, -0.2) is 0 Å². The van der Waals surface area contributed by atoms with Crippen LogP contribution in [0.25, 0.3) is 0 Å². The number of carbonyl (C=O) groups excluding carboxylic acids is 2. The summed E-state index contributed by atoms with van der Waals surface area (Å²) in [5, 5.41) is 9.07. The molecule has 3 N–H and O–H groups in total. The van der Waals surface area contributed by atoms with E-state index in [0.717, 1.165) is 31.6 Å². The van der Waals surface area contributed by atoms with Crippen molar-refractivity contribution in [2.45, 2.75) is 39.2 Å². The summed E-state index contributed by atoms with van der Waals surface area (Å²) in [5.74, 6) is -0.0210. The van der Waals surface area contributed by atoms with Crippen molar-refractivity contribution in [1.82, 2.24) is 10.6 Å². The van der Waals surface area contributed by atoms with Crippen LogP contribution in [0, 0.1) is 5.92 Å². The molecule has 0 saturated carbocycles. The second kappa shape index (κ2) is 6.92. The molecule has 1 aromatic rings. The van der Waals surface area contributed by atoms with Crippen molar-refractivity contribution < 1.29 is 9.59 Å². The molecule has 1 unspecified atom stereocenters. The van der Waals surface area contributed by atoms with Gasteiger partial charge in [0, 0.05) is 23.3 Å². The smallest absolute Gasteiger partial charge is 0.251 e. The van der Waals surface area contributed by atoms with Gasteiger partial charge >= 0.3 is 0 Å². The second-order valence-corrected chi connectivity index (χ2v) is 6.45. The summed E-state index contributed by atoms with van der Waals surface area (Å²) in [6, 6.07) is 7.02. The highest BCUT2D eigenvalue weighted by Gasteiger charge is 2.22. The van der Waals surface area contributed by atoms with Gasteiger partial charge < -0.3 is 16.0 Å². The standard InChI is InChI=1S/C17H25N3O2/c1-4-17(2,3)20-16(22)12-5-7-14(8-6-12)19-15(21)13-9-10-18-11-13/h5-8,13,18H,4,9-11H2,1-3H3,(H,19,21)(H,20,22). The Morgan fingerprint density at radius 2 is 1.95 bits per heavy atom. The third kappa shape index (κ3) is 4.31. The number of nitrogens with one attached hydrogen (secondary N) is 3. The molecule has 1 fully saturated rings. The molecule has 2 rings (SSSR count). The maximum absolute atomic E-state index is 12.2. The summed E-state index contributed by atoms with van der Waals surface area (Å²) in [6.45, 7) is 7.66. The van der Waals surface area contributed by atoms with E-state index in [4.69, 9.17) is 0 Å². The molecule has 22 heavy (non-hydrogen) atoms. The first-order valence-electron chi connectivity index (χ1n) is 7.85. The predicted octanol–water partition coefficient (Wildman–Crippen LogP) is 2.15. The van der Waals surface area contributed by atoms with Crippen molar-refractivity contribution in [2.75, 3.05) is 18.4 Å². The SMILES string of the molecule is CCC(C)(C)NC(=O)c1ccc(NC(=O)C2CCNC2)cc1. The van der Waals surface area contributed by atoms with Crippen LogP contribution in [0.2, 0.25) is 0 Å². The quantitative estimate of drug-likeness (QED) is 0.780. The largest absolute Gasteiger partial charge is 0.347 e. The molecule has 1 heterocycles. The number of carbonyl (C=O) groups is 2. The zero-order valence-electron chi connectivity index (χ0n) is 13.5. The van der Waals surface area contributed by atoms with Gasteiger partial charge in [0.05, 0.1) is 5.92 Å². The molecular weight excluding hydrogens is 278 g/mol. The van der Waals surface area contributed by atoms with Crippen molar-refractivity contribution in [2.24, 2.45) is 5.92 Å². The number of rotatable bonds is 5. The Morgan fingerprint density at radius 3 is 2.50 bits per heavy atom. The summed E-state index contributed by atoms with van der Waals surface area (Å²) in [6.07, 6.45) is 1.74. The van der Waals surface area contributed by atoms with Crippen molar-refractivity contribution >= 4 is 17.5 Å². The molecule has 1 atom stereocenters. The van der Waals surface area contributed by atoms with E-state index in [9.17, 15) is 9.59 Å². The highest BCUT2D eigenvalue weighted by molar-refractivity contribution is 5.96. The van der Waals surface area contributed by atoms with E-state index < -0.39 is 0 Å². The van der Waals surface area contributed by atoms with Crippen LogP contribution in [-0.4, -0.2) is 30.4 Å². The predicted molar refractivity (Wildman–Crippen MR) is 87.9 cm³/mol. The average molecular weight is 303 g/mol. The first-order valence-corrected chi connectivity index (χ1v) is 7.85. The minimum absolute atomic E-state index is 0.0355. The van der Waals surface area contributed by atoms with E-state index >= 15 is 0 Å². The van der Waals surface area contributed by atoms with E-state index in [1.807, 2.05) is 20.8 Å². The fraction of sp³-hybridized carbons (Fsp3) is 0.529. The van der Waals surface area contributed by atoms with Crippen LogP contribution in [0.15, 0.2) is 24.3 Å². The van der Waals surface area contributed by atoms with Gasteiger partial charge in [-0.15, -0.1) is 0 Å². The van der Waals surface area contributed by atoms with Crippen molar-refractivity contribution in [3.8, 4) is 0 Å². The van der Waals surface area contributed by atoms with Gasteiger partial charge in [0.2, 0.25) is 5.91 Å².